The van der Waals surface area contributed by atoms with E-state index in [4.69, 9.17) is 4.74 Å². The van der Waals surface area contributed by atoms with Crippen molar-refractivity contribution in [2.24, 2.45) is 5.92 Å². The molecule has 0 spiro atoms. The van der Waals surface area contributed by atoms with Crippen LogP contribution in [0.5, 0.6) is 5.75 Å². The maximum absolute atomic E-state index is 10.5. The number of hydrogen-bond donors (Lipinski definition) is 0. The Labute approximate surface area is 117 Å². The largest absolute Gasteiger partial charge is 0.494 e. The van der Waals surface area contributed by atoms with Crippen LogP contribution in [0, 0.1) is 5.92 Å². The van der Waals surface area contributed by atoms with Crippen molar-refractivity contribution in [3.8, 4) is 5.75 Å². The van der Waals surface area contributed by atoms with Gasteiger partial charge in [-0.15, -0.1) is 0 Å². The highest BCUT2D eigenvalue weighted by atomic mass is 16.5. The minimum atomic E-state index is 0.692. The second-order valence-electron chi connectivity index (χ2n) is 5.49. The molecule has 0 saturated heterocycles. The molecule has 0 aliphatic heterocycles. The van der Waals surface area contributed by atoms with Crippen molar-refractivity contribution in [2.45, 2.75) is 52.4 Å². The van der Waals surface area contributed by atoms with Crippen molar-refractivity contribution in [1.29, 1.82) is 0 Å². The number of unbranched alkanes of at least 4 members (excludes halogenated alkanes) is 4. The number of carbonyl (C=O) groups is 1. The van der Waals surface area contributed by atoms with Gasteiger partial charge in [-0.05, 0) is 36.6 Å². The molecule has 1 rings (SSSR count). The van der Waals surface area contributed by atoms with Crippen LogP contribution in [0.25, 0.3) is 0 Å². The van der Waals surface area contributed by atoms with Gasteiger partial charge in [-0.1, -0.05) is 46.0 Å². The average molecular weight is 262 g/mol. The van der Waals surface area contributed by atoms with Crippen molar-refractivity contribution < 1.29 is 9.53 Å². The van der Waals surface area contributed by atoms with Gasteiger partial charge in [0.2, 0.25) is 0 Å². The van der Waals surface area contributed by atoms with Gasteiger partial charge in [-0.2, -0.15) is 0 Å². The second kappa shape index (κ2) is 9.60. The van der Waals surface area contributed by atoms with Crippen LogP contribution >= 0.6 is 0 Å². The number of benzene rings is 1. The van der Waals surface area contributed by atoms with Crippen LogP contribution < -0.4 is 4.74 Å². The summed E-state index contributed by atoms with van der Waals surface area (Å²) in [6.45, 7) is 5.33. The molecule has 2 nitrogen and oxygen atoms in total. The Morgan fingerprint density at radius 3 is 2.26 bits per heavy atom. The number of aldehydes is 1. The first-order valence-electron chi connectivity index (χ1n) is 7.40. The van der Waals surface area contributed by atoms with E-state index in [0.29, 0.717) is 5.56 Å². The lowest BCUT2D eigenvalue weighted by Crippen LogP contribution is -1.97. The number of carbonyl (C=O) groups excluding carboxylic acids is 1. The zero-order valence-corrected chi connectivity index (χ0v) is 12.2. The molecule has 2 heteroatoms. The molecule has 19 heavy (non-hydrogen) atoms. The van der Waals surface area contributed by atoms with Gasteiger partial charge in [0.25, 0.3) is 0 Å². The molecule has 0 N–H and O–H groups in total. The van der Waals surface area contributed by atoms with Crippen molar-refractivity contribution in [1.82, 2.24) is 0 Å². The lowest BCUT2D eigenvalue weighted by atomic mass is 10.0. The molecule has 0 heterocycles. The molecule has 0 saturated carbocycles. The van der Waals surface area contributed by atoms with E-state index >= 15 is 0 Å². The highest BCUT2D eigenvalue weighted by Crippen LogP contribution is 2.13. The highest BCUT2D eigenvalue weighted by molar-refractivity contribution is 5.74. The van der Waals surface area contributed by atoms with E-state index in [9.17, 15) is 4.79 Å². The first-order chi connectivity index (χ1) is 9.22. The smallest absolute Gasteiger partial charge is 0.150 e. The third-order valence-corrected chi connectivity index (χ3v) is 3.21. The molecular formula is C17H26O2. The Bertz CT molecular complexity index is 341. The number of hydrogen-bond acceptors (Lipinski definition) is 2. The zero-order chi connectivity index (χ0) is 13.9. The predicted molar refractivity (Wildman–Crippen MR) is 79.9 cm³/mol. The van der Waals surface area contributed by atoms with Gasteiger partial charge in [0, 0.05) is 5.56 Å². The van der Waals surface area contributed by atoms with Crippen LogP contribution in [0.15, 0.2) is 24.3 Å². The van der Waals surface area contributed by atoms with Crippen molar-refractivity contribution in [3.05, 3.63) is 29.8 Å². The van der Waals surface area contributed by atoms with Crippen molar-refractivity contribution in [2.75, 3.05) is 6.61 Å². The third-order valence-electron chi connectivity index (χ3n) is 3.21. The molecule has 0 aliphatic rings. The summed E-state index contributed by atoms with van der Waals surface area (Å²) >= 11 is 0. The summed E-state index contributed by atoms with van der Waals surface area (Å²) in [5.74, 6) is 1.68. The summed E-state index contributed by atoms with van der Waals surface area (Å²) in [4.78, 5) is 10.5. The molecule has 106 valence electrons. The maximum Gasteiger partial charge on any atom is 0.150 e. The van der Waals surface area contributed by atoms with Gasteiger partial charge < -0.3 is 4.74 Å². The second-order valence-corrected chi connectivity index (χ2v) is 5.49. The Hall–Kier alpha value is -1.31. The predicted octanol–water partition coefficient (Wildman–Crippen LogP) is 4.87. The van der Waals surface area contributed by atoms with Gasteiger partial charge in [0.15, 0.2) is 0 Å². The zero-order valence-electron chi connectivity index (χ0n) is 12.2. The topological polar surface area (TPSA) is 26.3 Å². The van der Waals surface area contributed by atoms with E-state index in [1.165, 1.54) is 32.1 Å². The summed E-state index contributed by atoms with van der Waals surface area (Å²) in [5, 5.41) is 0. The first kappa shape index (κ1) is 15.7. The lowest BCUT2D eigenvalue weighted by Gasteiger charge is -2.07. The Balaban J connectivity index is 1.99. The lowest BCUT2D eigenvalue weighted by molar-refractivity contribution is 0.112. The molecule has 0 aromatic heterocycles. The van der Waals surface area contributed by atoms with Gasteiger partial charge in [-0.3, -0.25) is 4.79 Å². The van der Waals surface area contributed by atoms with E-state index < -0.39 is 0 Å². The molecule has 0 radical (unpaired) electrons. The van der Waals surface area contributed by atoms with Crippen LogP contribution in [-0.2, 0) is 0 Å². The van der Waals surface area contributed by atoms with Gasteiger partial charge >= 0.3 is 0 Å². The fourth-order valence-electron chi connectivity index (χ4n) is 2.02. The third kappa shape index (κ3) is 7.66. The highest BCUT2D eigenvalue weighted by Gasteiger charge is 1.96. The molecular weight excluding hydrogens is 236 g/mol. The maximum atomic E-state index is 10.5. The Morgan fingerprint density at radius 1 is 1.00 bits per heavy atom. The average Bonchev–Trinajstić information content (AvgIpc) is 2.42. The van der Waals surface area contributed by atoms with Crippen LogP contribution in [0.4, 0.5) is 0 Å². The summed E-state index contributed by atoms with van der Waals surface area (Å²) in [6.07, 6.45) is 8.54. The van der Waals surface area contributed by atoms with Gasteiger partial charge in [-0.25, -0.2) is 0 Å². The minimum Gasteiger partial charge on any atom is -0.494 e. The van der Waals surface area contributed by atoms with Crippen LogP contribution in [0.1, 0.15) is 62.7 Å². The van der Waals surface area contributed by atoms with Crippen molar-refractivity contribution in [3.63, 3.8) is 0 Å². The quantitative estimate of drug-likeness (QED) is 0.444. The summed E-state index contributed by atoms with van der Waals surface area (Å²) < 4.78 is 5.63. The van der Waals surface area contributed by atoms with Crippen LogP contribution in [0.3, 0.4) is 0 Å². The molecule has 0 aliphatic carbocycles. The summed E-state index contributed by atoms with van der Waals surface area (Å²) in [6, 6.07) is 7.28. The molecule has 1 aromatic carbocycles. The van der Waals surface area contributed by atoms with E-state index in [0.717, 1.165) is 31.0 Å². The number of rotatable bonds is 10. The molecule has 0 bridgehead atoms. The fraction of sp³-hybridized carbons (Fsp3) is 0.588. The normalized spacial score (nSPS) is 10.7. The number of ether oxygens (including phenoxy) is 1. The Morgan fingerprint density at radius 2 is 1.63 bits per heavy atom. The molecule has 0 unspecified atom stereocenters. The van der Waals surface area contributed by atoms with E-state index in [2.05, 4.69) is 13.8 Å². The minimum absolute atomic E-state index is 0.692. The molecule has 1 aromatic rings. The molecule has 0 fully saturated rings. The summed E-state index contributed by atoms with van der Waals surface area (Å²) in [7, 11) is 0. The van der Waals surface area contributed by atoms with E-state index in [1.807, 2.05) is 12.1 Å². The van der Waals surface area contributed by atoms with Crippen molar-refractivity contribution >= 4 is 6.29 Å². The van der Waals surface area contributed by atoms with E-state index in [-0.39, 0.29) is 0 Å². The standard InChI is InChI=1S/C17H26O2/c1-15(2)8-6-4-3-5-7-13-19-17-11-9-16(14-18)10-12-17/h9-12,14-15H,3-8,13H2,1-2H3. The molecule has 0 amide bonds. The summed E-state index contributed by atoms with van der Waals surface area (Å²) in [5.41, 5.74) is 0.692. The SMILES string of the molecule is CC(C)CCCCCCCOc1ccc(C=O)cc1. The first-order valence-corrected chi connectivity index (χ1v) is 7.40. The van der Waals surface area contributed by atoms with Crippen LogP contribution in [-0.4, -0.2) is 12.9 Å². The molecule has 0 atom stereocenters. The Kier molecular flexibility index (Phi) is 7.95. The fourth-order valence-corrected chi connectivity index (χ4v) is 2.02. The van der Waals surface area contributed by atoms with Gasteiger partial charge in [0.05, 0.1) is 6.61 Å². The van der Waals surface area contributed by atoms with E-state index in [1.54, 1.807) is 12.1 Å². The monoisotopic (exact) mass is 262 g/mol. The van der Waals surface area contributed by atoms with Gasteiger partial charge in [0.1, 0.15) is 12.0 Å². The van der Waals surface area contributed by atoms with Crippen LogP contribution in [0.2, 0.25) is 0 Å².